The number of hydrogen-bond donors (Lipinski definition) is 2. The largest absolute Gasteiger partial charge is 0.347 e. The van der Waals surface area contributed by atoms with E-state index in [1.165, 1.54) is 0 Å². The van der Waals surface area contributed by atoms with E-state index in [2.05, 4.69) is 20.3 Å². The summed E-state index contributed by atoms with van der Waals surface area (Å²) in [4.78, 5) is 26.6. The quantitative estimate of drug-likeness (QED) is 0.737. The molecular weight excluding hydrogens is 322 g/mol. The molecule has 2 amide bonds. The number of thiazole rings is 1. The number of anilines is 1. The number of benzene rings is 1. The van der Waals surface area contributed by atoms with Gasteiger partial charge in [-0.15, -0.1) is 11.3 Å². The first-order chi connectivity index (χ1) is 11.7. The molecule has 1 fully saturated rings. The number of hydrogen-bond acceptors (Lipinski definition) is 4. The molecule has 7 heteroatoms. The van der Waals surface area contributed by atoms with Crippen LogP contribution in [0.4, 0.5) is 10.5 Å². The molecule has 0 radical (unpaired) electrons. The number of H-pyrrole nitrogens is 1. The zero-order chi connectivity index (χ0) is 16.5. The standard InChI is InChI=1S/C17H19N5OS/c1-11-20-13-6-5-12(10-15(13)24-11)21-17(23)22-9-3-2-4-14(22)16-18-7-8-19-16/h5-8,10,14H,2-4,9H2,1H3,(H,18,19)(H,21,23). The first-order valence-corrected chi connectivity index (χ1v) is 8.96. The highest BCUT2D eigenvalue weighted by Crippen LogP contribution is 2.30. The van der Waals surface area contributed by atoms with Crippen molar-refractivity contribution in [3.05, 3.63) is 41.4 Å². The van der Waals surface area contributed by atoms with E-state index >= 15 is 0 Å². The monoisotopic (exact) mass is 341 g/mol. The third-order valence-corrected chi connectivity index (χ3v) is 5.28. The maximum Gasteiger partial charge on any atom is 0.322 e. The predicted molar refractivity (Wildman–Crippen MR) is 95.3 cm³/mol. The van der Waals surface area contributed by atoms with Gasteiger partial charge in [0.1, 0.15) is 5.82 Å². The molecule has 1 unspecified atom stereocenters. The van der Waals surface area contributed by atoms with Crippen LogP contribution in [0.15, 0.2) is 30.6 Å². The number of amides is 2. The number of imidazole rings is 1. The van der Waals surface area contributed by atoms with Crippen molar-refractivity contribution in [1.29, 1.82) is 0 Å². The Morgan fingerprint density at radius 3 is 3.17 bits per heavy atom. The number of carbonyl (C=O) groups excluding carboxylic acids is 1. The first kappa shape index (κ1) is 15.1. The van der Waals surface area contributed by atoms with Crippen molar-refractivity contribution in [2.45, 2.75) is 32.2 Å². The highest BCUT2D eigenvalue weighted by atomic mass is 32.1. The average molecular weight is 341 g/mol. The van der Waals surface area contributed by atoms with Crippen LogP contribution in [0.2, 0.25) is 0 Å². The normalized spacial score (nSPS) is 18.0. The minimum atomic E-state index is -0.0725. The molecule has 1 saturated heterocycles. The fourth-order valence-corrected chi connectivity index (χ4v) is 4.10. The number of carbonyl (C=O) groups is 1. The highest BCUT2D eigenvalue weighted by molar-refractivity contribution is 7.18. The third kappa shape index (κ3) is 2.87. The molecule has 1 aromatic carbocycles. The van der Waals surface area contributed by atoms with E-state index in [0.717, 1.165) is 52.5 Å². The molecule has 1 aliphatic heterocycles. The minimum Gasteiger partial charge on any atom is -0.347 e. The fraction of sp³-hybridized carbons (Fsp3) is 0.353. The Hall–Kier alpha value is -2.41. The number of nitrogens with one attached hydrogen (secondary N) is 2. The molecule has 1 aliphatic rings. The summed E-state index contributed by atoms with van der Waals surface area (Å²) in [6, 6.07) is 5.80. The number of fused-ring (bicyclic) bond motifs is 1. The number of nitrogens with zero attached hydrogens (tertiary/aromatic N) is 3. The first-order valence-electron chi connectivity index (χ1n) is 8.15. The van der Waals surface area contributed by atoms with Crippen molar-refractivity contribution < 1.29 is 4.79 Å². The van der Waals surface area contributed by atoms with Crippen LogP contribution in [-0.2, 0) is 0 Å². The number of likely N-dealkylation sites (tertiary alicyclic amines) is 1. The molecule has 4 rings (SSSR count). The summed E-state index contributed by atoms with van der Waals surface area (Å²) in [5.74, 6) is 0.860. The van der Waals surface area contributed by atoms with Crippen molar-refractivity contribution in [3.8, 4) is 0 Å². The minimum absolute atomic E-state index is 0.0168. The third-order valence-electron chi connectivity index (χ3n) is 4.35. The van der Waals surface area contributed by atoms with E-state index < -0.39 is 0 Å². The van der Waals surface area contributed by atoms with Crippen LogP contribution < -0.4 is 5.32 Å². The Morgan fingerprint density at radius 1 is 1.42 bits per heavy atom. The maximum atomic E-state index is 12.8. The van der Waals surface area contributed by atoms with Gasteiger partial charge in [-0.2, -0.15) is 0 Å². The Kier molecular flexibility index (Phi) is 3.93. The molecular formula is C17H19N5OS. The number of aryl methyl sites for hydroxylation is 1. The summed E-state index contributed by atoms with van der Waals surface area (Å²) in [6.07, 6.45) is 6.62. The van der Waals surface area contributed by atoms with E-state index in [4.69, 9.17) is 0 Å². The number of aromatic amines is 1. The lowest BCUT2D eigenvalue weighted by Crippen LogP contribution is -2.41. The van der Waals surface area contributed by atoms with Gasteiger partial charge in [-0.1, -0.05) is 0 Å². The van der Waals surface area contributed by atoms with Gasteiger partial charge in [-0.05, 0) is 44.4 Å². The van der Waals surface area contributed by atoms with Gasteiger partial charge in [0.05, 0.1) is 21.3 Å². The molecule has 3 aromatic rings. The van der Waals surface area contributed by atoms with Crippen molar-refractivity contribution >= 4 is 33.3 Å². The lowest BCUT2D eigenvalue weighted by atomic mass is 10.0. The topological polar surface area (TPSA) is 73.9 Å². The van der Waals surface area contributed by atoms with E-state index in [-0.39, 0.29) is 12.1 Å². The molecule has 2 N–H and O–H groups in total. The Labute approximate surface area is 143 Å². The summed E-state index contributed by atoms with van der Waals surface area (Å²) in [7, 11) is 0. The molecule has 124 valence electrons. The van der Waals surface area contributed by atoms with E-state index in [0.29, 0.717) is 0 Å². The van der Waals surface area contributed by atoms with Crippen LogP contribution in [0.3, 0.4) is 0 Å². The summed E-state index contributed by atoms with van der Waals surface area (Å²) in [5.41, 5.74) is 1.78. The predicted octanol–water partition coefficient (Wildman–Crippen LogP) is 4.09. The summed E-state index contributed by atoms with van der Waals surface area (Å²) < 4.78 is 1.09. The summed E-state index contributed by atoms with van der Waals surface area (Å²) in [5, 5.41) is 4.06. The maximum absolute atomic E-state index is 12.8. The van der Waals surface area contributed by atoms with Gasteiger partial charge in [0.15, 0.2) is 0 Å². The van der Waals surface area contributed by atoms with Gasteiger partial charge in [-0.3, -0.25) is 0 Å². The van der Waals surface area contributed by atoms with Gasteiger partial charge < -0.3 is 15.2 Å². The number of urea groups is 1. The van der Waals surface area contributed by atoms with E-state index in [1.807, 2.05) is 30.0 Å². The van der Waals surface area contributed by atoms with Crippen LogP contribution in [0.5, 0.6) is 0 Å². The van der Waals surface area contributed by atoms with Gasteiger partial charge in [-0.25, -0.2) is 14.8 Å². The number of rotatable bonds is 2. The molecule has 0 saturated carbocycles. The van der Waals surface area contributed by atoms with Gasteiger partial charge >= 0.3 is 6.03 Å². The lowest BCUT2D eigenvalue weighted by Gasteiger charge is -2.34. The second-order valence-electron chi connectivity index (χ2n) is 6.02. The molecule has 6 nitrogen and oxygen atoms in total. The SMILES string of the molecule is Cc1nc2ccc(NC(=O)N3CCCCC3c3ncc[nH]3)cc2s1. The zero-order valence-electron chi connectivity index (χ0n) is 13.5. The van der Waals surface area contributed by atoms with Crippen LogP contribution in [0.25, 0.3) is 10.2 Å². The Bertz CT molecular complexity index is 857. The number of aromatic nitrogens is 3. The molecule has 1 atom stereocenters. The highest BCUT2D eigenvalue weighted by Gasteiger charge is 2.29. The summed E-state index contributed by atoms with van der Waals surface area (Å²) >= 11 is 1.64. The molecule has 2 aromatic heterocycles. The van der Waals surface area contributed by atoms with E-state index in [9.17, 15) is 4.79 Å². The van der Waals surface area contributed by atoms with Gasteiger partial charge in [0.2, 0.25) is 0 Å². The second kappa shape index (κ2) is 6.24. The number of piperidine rings is 1. The Balaban J connectivity index is 1.54. The van der Waals surface area contributed by atoms with Crippen molar-refractivity contribution in [2.24, 2.45) is 0 Å². The van der Waals surface area contributed by atoms with Crippen molar-refractivity contribution in [2.75, 3.05) is 11.9 Å². The van der Waals surface area contributed by atoms with Crippen LogP contribution >= 0.6 is 11.3 Å². The van der Waals surface area contributed by atoms with Crippen LogP contribution in [0, 0.1) is 6.92 Å². The lowest BCUT2D eigenvalue weighted by molar-refractivity contribution is 0.160. The molecule has 0 bridgehead atoms. The molecule has 0 spiro atoms. The van der Waals surface area contributed by atoms with Crippen LogP contribution in [-0.4, -0.2) is 32.4 Å². The second-order valence-corrected chi connectivity index (χ2v) is 7.26. The van der Waals surface area contributed by atoms with E-state index in [1.54, 1.807) is 23.7 Å². The smallest absolute Gasteiger partial charge is 0.322 e. The zero-order valence-corrected chi connectivity index (χ0v) is 14.3. The van der Waals surface area contributed by atoms with Crippen molar-refractivity contribution in [3.63, 3.8) is 0 Å². The molecule has 24 heavy (non-hydrogen) atoms. The Morgan fingerprint density at radius 2 is 2.33 bits per heavy atom. The average Bonchev–Trinajstić information content (AvgIpc) is 3.23. The van der Waals surface area contributed by atoms with Gasteiger partial charge in [0, 0.05) is 24.6 Å². The van der Waals surface area contributed by atoms with Crippen LogP contribution in [0.1, 0.15) is 36.1 Å². The molecule has 3 heterocycles. The molecule has 0 aliphatic carbocycles. The van der Waals surface area contributed by atoms with Gasteiger partial charge in [0.25, 0.3) is 0 Å². The fourth-order valence-electron chi connectivity index (χ4n) is 3.23. The summed E-state index contributed by atoms with van der Waals surface area (Å²) in [6.45, 7) is 2.74. The van der Waals surface area contributed by atoms with Crippen molar-refractivity contribution in [1.82, 2.24) is 19.9 Å².